The molecule has 0 saturated heterocycles. The van der Waals surface area contributed by atoms with Crippen LogP contribution in [0.15, 0.2) is 41.3 Å². The van der Waals surface area contributed by atoms with Crippen molar-refractivity contribution in [2.45, 2.75) is 20.2 Å². The van der Waals surface area contributed by atoms with Crippen molar-refractivity contribution >= 4 is 0 Å². The maximum atomic E-state index is 12.4. The minimum Gasteiger partial charge on any atom is -0.439 e. The highest BCUT2D eigenvalue weighted by atomic mass is 19.4. The van der Waals surface area contributed by atoms with Gasteiger partial charge in [-0.25, -0.2) is 19.4 Å². The Morgan fingerprint density at radius 3 is 2.50 bits per heavy atom. The first-order chi connectivity index (χ1) is 12.2. The second-order valence-corrected chi connectivity index (χ2v) is 5.34. The van der Waals surface area contributed by atoms with Gasteiger partial charge < -0.3 is 9.47 Å². The van der Waals surface area contributed by atoms with E-state index in [0.717, 1.165) is 6.07 Å². The molecule has 0 saturated carbocycles. The van der Waals surface area contributed by atoms with Gasteiger partial charge >= 0.3 is 12.1 Å². The zero-order valence-corrected chi connectivity index (χ0v) is 13.7. The predicted molar refractivity (Wildman–Crippen MR) is 84.7 cm³/mol. The standard InChI is InChI=1S/C16H13F3N4O3/c1-9-3-5-12(7-13(9)26-16(17,18)19)25-14-6-4-11(8-20-14)23-10(2)21-22-15(23)24/h3-8H,1-2H3,(H,22,24). The minimum atomic E-state index is -4.79. The lowest BCUT2D eigenvalue weighted by molar-refractivity contribution is -0.274. The Balaban J connectivity index is 1.82. The Morgan fingerprint density at radius 1 is 1.15 bits per heavy atom. The summed E-state index contributed by atoms with van der Waals surface area (Å²) >= 11 is 0. The van der Waals surface area contributed by atoms with Gasteiger partial charge in [0.15, 0.2) is 0 Å². The van der Waals surface area contributed by atoms with Crippen LogP contribution in [0.25, 0.3) is 5.69 Å². The molecule has 0 aliphatic carbocycles. The summed E-state index contributed by atoms with van der Waals surface area (Å²) < 4.78 is 48.0. The summed E-state index contributed by atoms with van der Waals surface area (Å²) in [4.78, 5) is 15.7. The normalized spacial score (nSPS) is 11.4. The lowest BCUT2D eigenvalue weighted by Crippen LogP contribution is -2.17. The van der Waals surface area contributed by atoms with E-state index in [1.165, 1.54) is 35.9 Å². The molecule has 2 heterocycles. The predicted octanol–water partition coefficient (Wildman–Crippen LogP) is 3.26. The molecule has 1 aromatic carbocycles. The van der Waals surface area contributed by atoms with Crippen LogP contribution in [-0.4, -0.2) is 26.1 Å². The Hall–Kier alpha value is -3.30. The molecule has 0 bridgehead atoms. The lowest BCUT2D eigenvalue weighted by atomic mass is 10.2. The molecule has 0 atom stereocenters. The van der Waals surface area contributed by atoms with Crippen LogP contribution in [0.1, 0.15) is 11.4 Å². The number of nitrogens with zero attached hydrogens (tertiary/aromatic N) is 3. The van der Waals surface area contributed by atoms with E-state index in [9.17, 15) is 18.0 Å². The molecule has 1 N–H and O–H groups in total. The van der Waals surface area contributed by atoms with E-state index in [2.05, 4.69) is 19.9 Å². The number of rotatable bonds is 4. The lowest BCUT2D eigenvalue weighted by Gasteiger charge is -2.13. The number of aromatic amines is 1. The van der Waals surface area contributed by atoms with Crippen LogP contribution >= 0.6 is 0 Å². The maximum absolute atomic E-state index is 12.4. The minimum absolute atomic E-state index is 0.131. The molecule has 0 spiro atoms. The monoisotopic (exact) mass is 366 g/mol. The molecule has 3 rings (SSSR count). The molecule has 10 heteroatoms. The maximum Gasteiger partial charge on any atom is 0.573 e. The molecular formula is C16H13F3N4O3. The van der Waals surface area contributed by atoms with Crippen molar-refractivity contribution in [3.8, 4) is 23.1 Å². The van der Waals surface area contributed by atoms with Crippen LogP contribution in [0.3, 0.4) is 0 Å². The van der Waals surface area contributed by atoms with Gasteiger partial charge in [-0.05, 0) is 31.5 Å². The van der Waals surface area contributed by atoms with Gasteiger partial charge in [-0.2, -0.15) is 5.10 Å². The molecular weight excluding hydrogens is 353 g/mol. The van der Waals surface area contributed by atoms with Crippen LogP contribution in [0.5, 0.6) is 17.4 Å². The summed E-state index contributed by atoms with van der Waals surface area (Å²) in [5.41, 5.74) is 0.372. The molecule has 0 radical (unpaired) electrons. The third-order valence-corrected chi connectivity index (χ3v) is 3.43. The molecule has 3 aromatic rings. The topological polar surface area (TPSA) is 82.0 Å². The summed E-state index contributed by atoms with van der Waals surface area (Å²) in [5, 5.41) is 6.10. The number of hydrogen-bond acceptors (Lipinski definition) is 5. The van der Waals surface area contributed by atoms with E-state index < -0.39 is 12.1 Å². The van der Waals surface area contributed by atoms with Gasteiger partial charge in [0.25, 0.3) is 0 Å². The second kappa shape index (κ2) is 6.54. The van der Waals surface area contributed by atoms with Gasteiger partial charge in [-0.3, -0.25) is 0 Å². The van der Waals surface area contributed by atoms with Gasteiger partial charge in [-0.1, -0.05) is 6.07 Å². The Kier molecular flexibility index (Phi) is 4.41. The first-order valence-corrected chi connectivity index (χ1v) is 7.37. The first-order valence-electron chi connectivity index (χ1n) is 7.37. The highest BCUT2D eigenvalue weighted by Gasteiger charge is 2.31. The van der Waals surface area contributed by atoms with Gasteiger partial charge in [-0.15, -0.1) is 13.2 Å². The smallest absolute Gasteiger partial charge is 0.439 e. The van der Waals surface area contributed by atoms with Crippen molar-refractivity contribution in [3.63, 3.8) is 0 Å². The number of hydrogen-bond donors (Lipinski definition) is 1. The number of pyridine rings is 1. The average molecular weight is 366 g/mol. The van der Waals surface area contributed by atoms with Crippen LogP contribution in [0.4, 0.5) is 13.2 Å². The molecule has 0 amide bonds. The highest BCUT2D eigenvalue weighted by Crippen LogP contribution is 2.31. The summed E-state index contributed by atoms with van der Waals surface area (Å²) in [6, 6.07) is 7.13. The Morgan fingerprint density at radius 2 is 1.92 bits per heavy atom. The van der Waals surface area contributed by atoms with E-state index in [-0.39, 0.29) is 17.4 Å². The van der Waals surface area contributed by atoms with E-state index in [4.69, 9.17) is 4.74 Å². The molecule has 26 heavy (non-hydrogen) atoms. The van der Waals surface area contributed by atoms with Crippen molar-refractivity contribution in [2.75, 3.05) is 0 Å². The third-order valence-electron chi connectivity index (χ3n) is 3.43. The van der Waals surface area contributed by atoms with Crippen molar-refractivity contribution in [3.05, 3.63) is 58.4 Å². The van der Waals surface area contributed by atoms with Crippen molar-refractivity contribution < 1.29 is 22.6 Å². The zero-order valence-electron chi connectivity index (χ0n) is 13.7. The molecule has 136 valence electrons. The summed E-state index contributed by atoms with van der Waals surface area (Å²) in [6.07, 6.45) is -3.40. The van der Waals surface area contributed by atoms with E-state index in [1.54, 1.807) is 13.0 Å². The van der Waals surface area contributed by atoms with Crippen LogP contribution in [-0.2, 0) is 0 Å². The summed E-state index contributed by atoms with van der Waals surface area (Å²) in [5.74, 6) is 0.377. The molecule has 7 nitrogen and oxygen atoms in total. The van der Waals surface area contributed by atoms with Gasteiger partial charge in [0.05, 0.1) is 11.9 Å². The highest BCUT2D eigenvalue weighted by molar-refractivity contribution is 5.42. The van der Waals surface area contributed by atoms with Crippen molar-refractivity contribution in [1.82, 2.24) is 19.7 Å². The van der Waals surface area contributed by atoms with E-state index in [1.807, 2.05) is 0 Å². The third kappa shape index (κ3) is 3.85. The first kappa shape index (κ1) is 17.5. The Bertz CT molecular complexity index is 978. The average Bonchev–Trinajstić information content (AvgIpc) is 2.89. The van der Waals surface area contributed by atoms with Gasteiger partial charge in [0.1, 0.15) is 17.3 Å². The SMILES string of the molecule is Cc1ccc(Oc2ccc(-n3c(C)n[nH]c3=O)cn2)cc1OC(F)(F)F. The van der Waals surface area contributed by atoms with Crippen LogP contribution < -0.4 is 15.2 Å². The fourth-order valence-electron chi connectivity index (χ4n) is 2.24. The van der Waals surface area contributed by atoms with E-state index in [0.29, 0.717) is 17.1 Å². The molecule has 2 aromatic heterocycles. The van der Waals surface area contributed by atoms with Crippen molar-refractivity contribution in [2.24, 2.45) is 0 Å². The molecule has 0 aliphatic rings. The number of alkyl halides is 3. The molecule has 0 aliphatic heterocycles. The second-order valence-electron chi connectivity index (χ2n) is 5.34. The summed E-state index contributed by atoms with van der Waals surface area (Å²) in [6.45, 7) is 3.14. The van der Waals surface area contributed by atoms with E-state index >= 15 is 0 Å². The zero-order chi connectivity index (χ0) is 18.9. The summed E-state index contributed by atoms with van der Waals surface area (Å²) in [7, 11) is 0. The number of H-pyrrole nitrogens is 1. The number of aryl methyl sites for hydroxylation is 2. The van der Waals surface area contributed by atoms with Gasteiger partial charge in [0.2, 0.25) is 5.88 Å². The molecule has 0 unspecified atom stereocenters. The van der Waals surface area contributed by atoms with Crippen LogP contribution in [0, 0.1) is 13.8 Å². The largest absolute Gasteiger partial charge is 0.573 e. The number of benzene rings is 1. The fourth-order valence-corrected chi connectivity index (χ4v) is 2.24. The van der Waals surface area contributed by atoms with Gasteiger partial charge in [0, 0.05) is 12.1 Å². The quantitative estimate of drug-likeness (QED) is 0.766. The number of halogens is 3. The fraction of sp³-hybridized carbons (Fsp3) is 0.188. The number of ether oxygens (including phenoxy) is 2. The Labute approximate surface area is 145 Å². The van der Waals surface area contributed by atoms with Crippen molar-refractivity contribution in [1.29, 1.82) is 0 Å². The number of nitrogens with one attached hydrogen (secondary N) is 1. The molecule has 0 fully saturated rings. The van der Waals surface area contributed by atoms with Crippen LogP contribution in [0.2, 0.25) is 0 Å². The number of aromatic nitrogens is 4.